The van der Waals surface area contributed by atoms with Crippen LogP contribution in [0.25, 0.3) is 11.1 Å². The van der Waals surface area contributed by atoms with Crippen molar-refractivity contribution in [2.75, 3.05) is 77.6 Å². The molecule has 3 aromatic rings. The lowest BCUT2D eigenvalue weighted by atomic mass is 10.0. The minimum Gasteiger partial charge on any atom is -0.446 e. The first-order valence-electron chi connectivity index (χ1n) is 18.9. The van der Waals surface area contributed by atoms with Gasteiger partial charge in [-0.2, -0.15) is 0 Å². The lowest BCUT2D eigenvalue weighted by Crippen LogP contribution is -2.42. The molecule has 286 valence electrons. The molecule has 0 radical (unpaired) electrons. The van der Waals surface area contributed by atoms with Gasteiger partial charge in [0.05, 0.1) is 5.69 Å². The standard InChI is InChI=1S/C42H58N6O5/c1-32-31-35(41(51)47(5)26-14-25-45(3)33(2)49)20-21-38(32)43-24-13-7-10-19-40(50)46(4)29-30-48-27-22-36(23-28-48)53-42(52)44-39-18-12-11-17-37(39)34-15-8-6-9-16-34/h6,8-9,11-12,15-18,20-21,31,36,43H,7,10,13-14,19,22-30H2,1-5H3,(H,44,52). The summed E-state index contributed by atoms with van der Waals surface area (Å²) in [4.78, 5) is 57.3. The molecule has 53 heavy (non-hydrogen) atoms. The number of hydrogen-bond acceptors (Lipinski definition) is 7. The molecule has 11 heteroatoms. The third kappa shape index (κ3) is 13.2. The van der Waals surface area contributed by atoms with Crippen molar-refractivity contribution in [1.82, 2.24) is 19.6 Å². The third-order valence-corrected chi connectivity index (χ3v) is 9.96. The monoisotopic (exact) mass is 726 g/mol. The number of ether oxygens (including phenoxy) is 1. The molecule has 1 fully saturated rings. The molecule has 0 unspecified atom stereocenters. The number of unbranched alkanes of at least 4 members (excludes halogenated alkanes) is 2. The van der Waals surface area contributed by atoms with Gasteiger partial charge in [-0.25, -0.2) is 4.79 Å². The number of likely N-dealkylation sites (tertiary alicyclic amines) is 1. The van der Waals surface area contributed by atoms with E-state index in [1.54, 1.807) is 30.8 Å². The van der Waals surface area contributed by atoms with Gasteiger partial charge in [-0.15, -0.1) is 0 Å². The van der Waals surface area contributed by atoms with Gasteiger partial charge in [0.2, 0.25) is 11.8 Å². The molecule has 4 amide bonds. The van der Waals surface area contributed by atoms with E-state index in [0.29, 0.717) is 31.6 Å². The predicted octanol–water partition coefficient (Wildman–Crippen LogP) is 6.75. The first kappa shape index (κ1) is 40.9. The highest BCUT2D eigenvalue weighted by Crippen LogP contribution is 2.28. The minimum atomic E-state index is -0.433. The second-order valence-electron chi connectivity index (χ2n) is 14.1. The highest BCUT2D eigenvalue weighted by atomic mass is 16.6. The fourth-order valence-corrected chi connectivity index (χ4v) is 6.43. The summed E-state index contributed by atoms with van der Waals surface area (Å²) in [6, 6.07) is 23.4. The van der Waals surface area contributed by atoms with Crippen LogP contribution in [0.3, 0.4) is 0 Å². The van der Waals surface area contributed by atoms with E-state index in [9.17, 15) is 19.2 Å². The fraction of sp³-hybridized carbons (Fsp3) is 0.476. The molecule has 0 spiro atoms. The summed E-state index contributed by atoms with van der Waals surface area (Å²) in [5, 5.41) is 6.40. The number of aryl methyl sites for hydroxylation is 1. The third-order valence-electron chi connectivity index (χ3n) is 9.96. The Morgan fingerprint density at radius 3 is 2.19 bits per heavy atom. The van der Waals surface area contributed by atoms with Crippen LogP contribution >= 0.6 is 0 Å². The largest absolute Gasteiger partial charge is 0.446 e. The second kappa shape index (κ2) is 21.0. The van der Waals surface area contributed by atoms with Crippen LogP contribution in [0.2, 0.25) is 0 Å². The van der Waals surface area contributed by atoms with E-state index in [4.69, 9.17) is 4.74 Å². The summed E-state index contributed by atoms with van der Waals surface area (Å²) < 4.78 is 5.78. The van der Waals surface area contributed by atoms with Crippen LogP contribution < -0.4 is 10.6 Å². The molecule has 0 saturated carbocycles. The molecule has 1 heterocycles. The molecule has 2 N–H and O–H groups in total. The molecule has 0 aromatic heterocycles. The van der Waals surface area contributed by atoms with Gasteiger partial charge in [-0.05, 0) is 74.4 Å². The molecule has 3 aromatic carbocycles. The van der Waals surface area contributed by atoms with Crippen molar-refractivity contribution in [3.63, 3.8) is 0 Å². The molecule has 1 aliphatic rings. The molecule has 11 nitrogen and oxygen atoms in total. The second-order valence-corrected chi connectivity index (χ2v) is 14.1. The number of amides is 4. The number of anilines is 2. The molecular weight excluding hydrogens is 668 g/mol. The number of nitrogens with one attached hydrogen (secondary N) is 2. The van der Waals surface area contributed by atoms with E-state index < -0.39 is 6.09 Å². The fourth-order valence-electron chi connectivity index (χ4n) is 6.43. The van der Waals surface area contributed by atoms with Gasteiger partial charge in [0, 0.05) is 97.1 Å². The summed E-state index contributed by atoms with van der Waals surface area (Å²) in [5.74, 6) is 0.154. The lowest BCUT2D eigenvalue weighted by Gasteiger charge is -2.32. The number of carbonyl (C=O) groups excluding carboxylic acids is 4. The molecule has 1 aliphatic heterocycles. The maximum atomic E-state index is 12.9. The van der Waals surface area contributed by atoms with Gasteiger partial charge >= 0.3 is 6.09 Å². The zero-order valence-electron chi connectivity index (χ0n) is 32.2. The molecule has 0 atom stereocenters. The van der Waals surface area contributed by atoms with Gasteiger partial charge in [-0.1, -0.05) is 55.0 Å². The highest BCUT2D eigenvalue weighted by Gasteiger charge is 2.23. The van der Waals surface area contributed by atoms with E-state index in [-0.39, 0.29) is 23.8 Å². The van der Waals surface area contributed by atoms with Crippen LogP contribution in [0.4, 0.5) is 16.2 Å². The quantitative estimate of drug-likeness (QED) is 0.140. The van der Waals surface area contributed by atoms with E-state index >= 15 is 0 Å². The Labute approximate surface area is 315 Å². The lowest BCUT2D eigenvalue weighted by molar-refractivity contribution is -0.130. The van der Waals surface area contributed by atoms with Crippen molar-refractivity contribution in [2.45, 2.75) is 64.9 Å². The Kier molecular flexibility index (Phi) is 16.2. The summed E-state index contributed by atoms with van der Waals surface area (Å²) in [6.45, 7) is 8.66. The van der Waals surface area contributed by atoms with Crippen molar-refractivity contribution in [1.29, 1.82) is 0 Å². The molecule has 0 aliphatic carbocycles. The zero-order valence-corrected chi connectivity index (χ0v) is 32.2. The van der Waals surface area contributed by atoms with Crippen LogP contribution in [-0.4, -0.2) is 116 Å². The van der Waals surface area contributed by atoms with Crippen molar-refractivity contribution >= 4 is 35.2 Å². The number of benzene rings is 3. The molecule has 4 rings (SSSR count). The summed E-state index contributed by atoms with van der Waals surface area (Å²) in [5.41, 5.74) is 5.38. The van der Waals surface area contributed by atoms with Crippen molar-refractivity contribution < 1.29 is 23.9 Å². The van der Waals surface area contributed by atoms with E-state index in [1.807, 2.05) is 91.7 Å². The van der Waals surface area contributed by atoms with E-state index in [2.05, 4.69) is 15.5 Å². The van der Waals surface area contributed by atoms with Crippen molar-refractivity contribution in [3.8, 4) is 11.1 Å². The summed E-state index contributed by atoms with van der Waals surface area (Å²) in [7, 11) is 5.43. The van der Waals surface area contributed by atoms with Gasteiger partial charge in [0.25, 0.3) is 5.91 Å². The topological polar surface area (TPSA) is 115 Å². The zero-order chi connectivity index (χ0) is 38.2. The number of nitrogens with zero attached hydrogens (tertiary/aromatic N) is 4. The van der Waals surface area contributed by atoms with Gasteiger partial charge < -0.3 is 29.7 Å². The van der Waals surface area contributed by atoms with E-state index in [0.717, 1.165) is 92.8 Å². The maximum absolute atomic E-state index is 12.9. The summed E-state index contributed by atoms with van der Waals surface area (Å²) >= 11 is 0. The van der Waals surface area contributed by atoms with Crippen LogP contribution in [-0.2, 0) is 14.3 Å². The Balaban J connectivity index is 1.05. The minimum absolute atomic E-state index is 0.0213. The SMILES string of the molecule is CC(=O)N(C)CCCN(C)C(=O)c1ccc(NCCCCCC(=O)N(C)CCN2CCC(OC(=O)Nc3ccccc3-c3ccccc3)CC2)c(C)c1. The first-order valence-corrected chi connectivity index (χ1v) is 18.9. The molecular formula is C42H58N6O5. The summed E-state index contributed by atoms with van der Waals surface area (Å²) in [6.07, 6.45) is 4.96. The van der Waals surface area contributed by atoms with Crippen LogP contribution in [0.1, 0.15) is 67.8 Å². The maximum Gasteiger partial charge on any atom is 0.411 e. The van der Waals surface area contributed by atoms with Crippen LogP contribution in [0, 0.1) is 6.92 Å². The Morgan fingerprint density at radius 1 is 0.774 bits per heavy atom. The van der Waals surface area contributed by atoms with Crippen molar-refractivity contribution in [2.24, 2.45) is 0 Å². The van der Waals surface area contributed by atoms with Crippen LogP contribution in [0.5, 0.6) is 0 Å². The number of likely N-dealkylation sites (N-methyl/N-ethyl adjacent to an activating group) is 1. The predicted molar refractivity (Wildman–Crippen MR) is 212 cm³/mol. The van der Waals surface area contributed by atoms with Gasteiger partial charge in [-0.3, -0.25) is 19.7 Å². The Morgan fingerprint density at radius 2 is 1.47 bits per heavy atom. The highest BCUT2D eigenvalue weighted by molar-refractivity contribution is 5.95. The average Bonchev–Trinajstić information content (AvgIpc) is 3.16. The molecule has 0 bridgehead atoms. The first-order chi connectivity index (χ1) is 25.5. The number of piperidine rings is 1. The normalized spacial score (nSPS) is 13.2. The average molecular weight is 727 g/mol. The smallest absolute Gasteiger partial charge is 0.411 e. The van der Waals surface area contributed by atoms with Gasteiger partial charge in [0.1, 0.15) is 6.10 Å². The number of hydrogen-bond donors (Lipinski definition) is 2. The van der Waals surface area contributed by atoms with Crippen LogP contribution in [0.15, 0.2) is 72.8 Å². The number of rotatable bonds is 18. The molecule has 1 saturated heterocycles. The van der Waals surface area contributed by atoms with Crippen molar-refractivity contribution in [3.05, 3.63) is 83.9 Å². The number of para-hydroxylation sites is 1. The van der Waals surface area contributed by atoms with Gasteiger partial charge in [0.15, 0.2) is 0 Å². The Hall–Kier alpha value is -4.90. The number of carbonyl (C=O) groups is 4. The van der Waals surface area contributed by atoms with E-state index in [1.165, 1.54) is 0 Å². The Bertz CT molecular complexity index is 1640.